The third kappa shape index (κ3) is 6.08. The second-order valence-corrected chi connectivity index (χ2v) is 9.95. The van der Waals surface area contributed by atoms with Crippen molar-refractivity contribution in [3.8, 4) is 0 Å². The van der Waals surface area contributed by atoms with E-state index in [4.69, 9.17) is 27.9 Å². The molecule has 3 amide bonds. The van der Waals surface area contributed by atoms with Gasteiger partial charge in [-0.25, -0.2) is 4.79 Å². The van der Waals surface area contributed by atoms with E-state index in [1.165, 1.54) is 7.11 Å². The highest BCUT2D eigenvalue weighted by Gasteiger charge is 2.35. The zero-order chi connectivity index (χ0) is 25.1. The Kier molecular flexibility index (Phi) is 7.86. The molecule has 1 aliphatic heterocycles. The van der Waals surface area contributed by atoms with Crippen molar-refractivity contribution in [2.24, 2.45) is 11.8 Å². The number of H-pyrrole nitrogens is 1. The number of fused-ring (bicyclic) bond motifs is 1. The standard InChI is InChI=1S/C24H28Cl2N4O5/c1-35-24(34)18(11-14-3-2-8-27-21(14)31)30-22(32)16(9-12-4-5-12)29-23(33)17-10-13-6-7-15(25)19(26)20(13)28-17/h6-7,10,12,14,16,18,28H,2-5,8-9,11H2,1H3,(H,27,31)(H,29,33)(H,30,32)/t14-,16?,18?/m0/s1. The summed E-state index contributed by atoms with van der Waals surface area (Å²) in [4.78, 5) is 53.8. The van der Waals surface area contributed by atoms with E-state index in [0.29, 0.717) is 46.3 Å². The normalized spacial score (nSPS) is 19.5. The highest BCUT2D eigenvalue weighted by Crippen LogP contribution is 2.34. The first kappa shape index (κ1) is 25.3. The fraction of sp³-hybridized carbons (Fsp3) is 0.500. The lowest BCUT2D eigenvalue weighted by molar-refractivity contribution is -0.146. The number of hydrogen-bond acceptors (Lipinski definition) is 5. The van der Waals surface area contributed by atoms with Gasteiger partial charge in [-0.1, -0.05) is 42.1 Å². The monoisotopic (exact) mass is 522 g/mol. The van der Waals surface area contributed by atoms with Gasteiger partial charge in [0.2, 0.25) is 11.8 Å². The molecule has 2 heterocycles. The van der Waals surface area contributed by atoms with Crippen LogP contribution in [0.2, 0.25) is 10.0 Å². The third-order valence-corrected chi connectivity index (χ3v) is 7.35. The van der Waals surface area contributed by atoms with Crippen molar-refractivity contribution in [2.45, 2.75) is 50.6 Å². The molecule has 4 N–H and O–H groups in total. The third-order valence-electron chi connectivity index (χ3n) is 6.54. The van der Waals surface area contributed by atoms with E-state index < -0.39 is 35.8 Å². The highest BCUT2D eigenvalue weighted by atomic mass is 35.5. The molecule has 2 fully saturated rings. The number of amides is 3. The number of aromatic nitrogens is 1. The van der Waals surface area contributed by atoms with Crippen LogP contribution in [0, 0.1) is 11.8 Å². The highest BCUT2D eigenvalue weighted by molar-refractivity contribution is 6.45. The zero-order valence-electron chi connectivity index (χ0n) is 19.3. The predicted octanol–water partition coefficient (Wildman–Crippen LogP) is 2.95. The van der Waals surface area contributed by atoms with Crippen LogP contribution < -0.4 is 16.0 Å². The van der Waals surface area contributed by atoms with Gasteiger partial charge >= 0.3 is 5.97 Å². The first-order chi connectivity index (χ1) is 16.8. The van der Waals surface area contributed by atoms with Crippen LogP contribution in [-0.4, -0.2) is 54.4 Å². The maximum absolute atomic E-state index is 13.2. The maximum Gasteiger partial charge on any atom is 0.328 e. The van der Waals surface area contributed by atoms with E-state index in [-0.39, 0.29) is 18.0 Å². The Balaban J connectivity index is 1.48. The van der Waals surface area contributed by atoms with Crippen molar-refractivity contribution in [3.63, 3.8) is 0 Å². The summed E-state index contributed by atoms with van der Waals surface area (Å²) in [5.74, 6) is -1.81. The summed E-state index contributed by atoms with van der Waals surface area (Å²) >= 11 is 12.3. The molecule has 3 atom stereocenters. The average Bonchev–Trinajstić information content (AvgIpc) is 3.55. The molecular weight excluding hydrogens is 495 g/mol. The van der Waals surface area contributed by atoms with Gasteiger partial charge < -0.3 is 25.7 Å². The van der Waals surface area contributed by atoms with Crippen molar-refractivity contribution < 1.29 is 23.9 Å². The van der Waals surface area contributed by atoms with Gasteiger partial charge in [0.15, 0.2) is 0 Å². The van der Waals surface area contributed by atoms with E-state index >= 15 is 0 Å². The van der Waals surface area contributed by atoms with Crippen LogP contribution in [0.4, 0.5) is 0 Å². The molecule has 9 nitrogen and oxygen atoms in total. The number of esters is 1. The number of carbonyl (C=O) groups excluding carboxylic acids is 4. The topological polar surface area (TPSA) is 129 Å². The first-order valence-electron chi connectivity index (χ1n) is 11.7. The molecule has 35 heavy (non-hydrogen) atoms. The van der Waals surface area contributed by atoms with Gasteiger partial charge in [-0.2, -0.15) is 0 Å². The Morgan fingerprint density at radius 1 is 1.11 bits per heavy atom. The SMILES string of the molecule is COC(=O)C(C[C@@H]1CCCNC1=O)NC(=O)C(CC1CC1)NC(=O)c1cc2ccc(Cl)c(Cl)c2[nH]1. The fourth-order valence-corrected chi connectivity index (χ4v) is 4.77. The van der Waals surface area contributed by atoms with E-state index in [1.54, 1.807) is 18.2 Å². The smallest absolute Gasteiger partial charge is 0.328 e. The van der Waals surface area contributed by atoms with Crippen LogP contribution in [0.15, 0.2) is 18.2 Å². The van der Waals surface area contributed by atoms with Gasteiger partial charge in [0, 0.05) is 17.8 Å². The molecule has 1 aliphatic carbocycles. The van der Waals surface area contributed by atoms with Crippen molar-refractivity contribution >= 4 is 57.8 Å². The summed E-state index contributed by atoms with van der Waals surface area (Å²) in [6.45, 7) is 0.602. The minimum Gasteiger partial charge on any atom is -0.467 e. The van der Waals surface area contributed by atoms with Crippen LogP contribution in [0.5, 0.6) is 0 Å². The first-order valence-corrected chi connectivity index (χ1v) is 12.5. The summed E-state index contributed by atoms with van der Waals surface area (Å²) < 4.78 is 4.87. The summed E-state index contributed by atoms with van der Waals surface area (Å²) in [5, 5.41) is 9.66. The van der Waals surface area contributed by atoms with Gasteiger partial charge in [0.1, 0.15) is 17.8 Å². The number of benzene rings is 1. The number of halogens is 2. The average molecular weight is 523 g/mol. The second-order valence-electron chi connectivity index (χ2n) is 9.16. The molecule has 4 rings (SSSR count). The van der Waals surface area contributed by atoms with E-state index in [0.717, 1.165) is 19.3 Å². The number of carbonyl (C=O) groups is 4. The summed E-state index contributed by atoms with van der Waals surface area (Å²) in [6, 6.07) is 3.18. The quantitative estimate of drug-likeness (QED) is 0.376. The van der Waals surface area contributed by atoms with Crippen LogP contribution in [0.25, 0.3) is 10.9 Å². The van der Waals surface area contributed by atoms with Crippen LogP contribution in [0.3, 0.4) is 0 Å². The van der Waals surface area contributed by atoms with Gasteiger partial charge in [-0.3, -0.25) is 14.4 Å². The lowest BCUT2D eigenvalue weighted by Crippen LogP contribution is -2.53. The Labute approximate surface area is 212 Å². The fourth-order valence-electron chi connectivity index (χ4n) is 4.39. The Morgan fingerprint density at radius 2 is 1.89 bits per heavy atom. The summed E-state index contributed by atoms with van der Waals surface area (Å²) in [7, 11) is 1.24. The minimum atomic E-state index is -0.992. The molecule has 2 unspecified atom stereocenters. The van der Waals surface area contributed by atoms with Gasteiger partial charge in [-0.15, -0.1) is 0 Å². The van der Waals surface area contributed by atoms with Crippen molar-refractivity contribution in [3.05, 3.63) is 33.9 Å². The second kappa shape index (κ2) is 10.9. The molecule has 2 aromatic rings. The zero-order valence-corrected chi connectivity index (χ0v) is 20.8. The van der Waals surface area contributed by atoms with Crippen LogP contribution in [-0.2, 0) is 19.1 Å². The molecule has 2 aliphatic rings. The maximum atomic E-state index is 13.2. The lowest BCUT2D eigenvalue weighted by Gasteiger charge is -2.27. The van der Waals surface area contributed by atoms with E-state index in [1.807, 2.05) is 0 Å². The molecule has 1 aromatic heterocycles. The largest absolute Gasteiger partial charge is 0.467 e. The number of rotatable bonds is 9. The molecule has 0 bridgehead atoms. The van der Waals surface area contributed by atoms with Gasteiger partial charge in [-0.05, 0) is 43.7 Å². The number of piperidine rings is 1. The summed E-state index contributed by atoms with van der Waals surface area (Å²) in [5.41, 5.74) is 0.769. The van der Waals surface area contributed by atoms with E-state index in [2.05, 4.69) is 20.9 Å². The number of aromatic amines is 1. The van der Waals surface area contributed by atoms with Gasteiger partial charge in [0.25, 0.3) is 5.91 Å². The lowest BCUT2D eigenvalue weighted by atomic mass is 9.91. The number of ether oxygens (including phenoxy) is 1. The molecule has 0 radical (unpaired) electrons. The van der Waals surface area contributed by atoms with Crippen molar-refractivity contribution in [1.29, 1.82) is 0 Å². The van der Waals surface area contributed by atoms with Crippen LogP contribution >= 0.6 is 23.2 Å². The molecular formula is C24H28Cl2N4O5. The number of methoxy groups -OCH3 is 1. The molecule has 1 saturated heterocycles. The number of hydrogen-bond donors (Lipinski definition) is 4. The Morgan fingerprint density at radius 3 is 2.57 bits per heavy atom. The predicted molar refractivity (Wildman–Crippen MR) is 131 cm³/mol. The summed E-state index contributed by atoms with van der Waals surface area (Å²) in [6.07, 6.45) is 3.96. The molecule has 1 saturated carbocycles. The van der Waals surface area contributed by atoms with E-state index in [9.17, 15) is 19.2 Å². The Hall–Kier alpha value is -2.78. The minimum absolute atomic E-state index is 0.135. The molecule has 188 valence electrons. The van der Waals surface area contributed by atoms with Crippen LogP contribution in [0.1, 0.15) is 49.0 Å². The Bertz CT molecular complexity index is 1150. The number of nitrogens with one attached hydrogen (secondary N) is 4. The van der Waals surface area contributed by atoms with Crippen molar-refractivity contribution in [1.82, 2.24) is 20.9 Å². The molecule has 11 heteroatoms. The molecule has 1 aromatic carbocycles. The van der Waals surface area contributed by atoms with Gasteiger partial charge in [0.05, 0.1) is 22.7 Å². The van der Waals surface area contributed by atoms with Crippen molar-refractivity contribution in [2.75, 3.05) is 13.7 Å². The molecule has 0 spiro atoms.